The number of hydrogen-bond donors (Lipinski definition) is 0. The Kier molecular flexibility index (Phi) is 5.08. The van der Waals surface area contributed by atoms with Crippen molar-refractivity contribution in [3.8, 4) is 35.2 Å². The zero-order valence-electron chi connectivity index (χ0n) is 16.0. The van der Waals surface area contributed by atoms with Gasteiger partial charge in [-0.15, -0.1) is 0 Å². The number of ether oxygens (including phenoxy) is 2. The van der Waals surface area contributed by atoms with Crippen molar-refractivity contribution in [3.63, 3.8) is 0 Å². The zero-order valence-corrected chi connectivity index (χ0v) is 16.0. The van der Waals surface area contributed by atoms with Gasteiger partial charge >= 0.3 is 6.01 Å². The summed E-state index contributed by atoms with van der Waals surface area (Å²) in [5, 5.41) is 9.27. The quantitative estimate of drug-likeness (QED) is 0.458. The fraction of sp³-hybridized carbons (Fsp3) is 0.182. The van der Waals surface area contributed by atoms with Crippen molar-refractivity contribution in [2.75, 3.05) is 6.61 Å². The number of benzene rings is 2. The molecule has 0 amide bonds. The van der Waals surface area contributed by atoms with Gasteiger partial charge in [0.1, 0.15) is 11.8 Å². The second-order valence-electron chi connectivity index (χ2n) is 6.41. The normalized spacial score (nSPS) is 10.7. The lowest BCUT2D eigenvalue weighted by Crippen LogP contribution is -2.01. The third-order valence-electron chi connectivity index (χ3n) is 4.12. The van der Waals surface area contributed by atoms with Crippen LogP contribution in [-0.4, -0.2) is 21.6 Å². The molecule has 7 heteroatoms. The summed E-state index contributed by atoms with van der Waals surface area (Å²) < 4.78 is 17.4. The zero-order chi connectivity index (χ0) is 20.2. The summed E-state index contributed by atoms with van der Waals surface area (Å²) in [5.41, 5.74) is 2.99. The van der Waals surface area contributed by atoms with Crippen LogP contribution in [0.1, 0.15) is 24.5 Å². The maximum atomic E-state index is 9.27. The molecule has 0 radical (unpaired) electrons. The van der Waals surface area contributed by atoms with Gasteiger partial charge in [-0.25, -0.2) is 4.98 Å². The molecule has 4 rings (SSSR count). The first-order valence-corrected chi connectivity index (χ1v) is 9.23. The highest BCUT2D eigenvalue weighted by Crippen LogP contribution is 2.31. The highest BCUT2D eigenvalue weighted by molar-refractivity contribution is 5.78. The van der Waals surface area contributed by atoms with Crippen LogP contribution in [0, 0.1) is 18.3 Å². The molecule has 2 aromatic heterocycles. The predicted molar refractivity (Wildman–Crippen MR) is 107 cm³/mol. The molecule has 144 valence electrons. The van der Waals surface area contributed by atoms with Crippen molar-refractivity contribution in [2.45, 2.75) is 20.3 Å². The lowest BCUT2D eigenvalue weighted by molar-refractivity contribution is 0.302. The molecule has 0 saturated carbocycles. The number of aryl methyl sites for hydroxylation is 1. The van der Waals surface area contributed by atoms with E-state index in [0.717, 1.165) is 17.5 Å². The molecule has 2 heterocycles. The molecule has 0 aliphatic rings. The lowest BCUT2D eigenvalue weighted by Gasteiger charge is -2.07. The van der Waals surface area contributed by atoms with Crippen LogP contribution in [0.3, 0.4) is 0 Å². The number of para-hydroxylation sites is 1. The molecule has 0 atom stereocenters. The van der Waals surface area contributed by atoms with Crippen LogP contribution in [0.25, 0.3) is 22.7 Å². The molecular formula is C22H18N4O3. The Hall–Kier alpha value is -3.92. The minimum absolute atomic E-state index is 0.0262. The molecular weight excluding hydrogens is 368 g/mol. The highest BCUT2D eigenvalue weighted by atomic mass is 16.5. The van der Waals surface area contributed by atoms with Crippen molar-refractivity contribution in [1.29, 1.82) is 5.26 Å². The second-order valence-corrected chi connectivity index (χ2v) is 6.41. The molecule has 0 aliphatic heterocycles. The first kappa shape index (κ1) is 18.4. The largest absolute Gasteiger partial charge is 0.476 e. The summed E-state index contributed by atoms with van der Waals surface area (Å²) in [6.45, 7) is 4.47. The second kappa shape index (κ2) is 7.98. The van der Waals surface area contributed by atoms with Gasteiger partial charge < -0.3 is 13.9 Å². The van der Waals surface area contributed by atoms with E-state index in [9.17, 15) is 5.26 Å². The Morgan fingerprint density at radius 3 is 2.72 bits per heavy atom. The Morgan fingerprint density at radius 1 is 1.07 bits per heavy atom. The molecule has 2 aromatic carbocycles. The molecule has 0 N–H and O–H groups in total. The third-order valence-corrected chi connectivity index (χ3v) is 4.12. The van der Waals surface area contributed by atoms with Gasteiger partial charge in [-0.3, -0.25) is 0 Å². The monoisotopic (exact) mass is 386 g/mol. The van der Waals surface area contributed by atoms with Crippen molar-refractivity contribution >= 4 is 11.2 Å². The number of nitrogens with zero attached hydrogens (tertiary/aromatic N) is 4. The maximum absolute atomic E-state index is 9.27. The van der Waals surface area contributed by atoms with Crippen molar-refractivity contribution in [1.82, 2.24) is 15.0 Å². The number of nitriles is 1. The topological polar surface area (TPSA) is 94.1 Å². The van der Waals surface area contributed by atoms with E-state index in [1.165, 1.54) is 0 Å². The van der Waals surface area contributed by atoms with E-state index in [2.05, 4.69) is 21.0 Å². The van der Waals surface area contributed by atoms with Crippen molar-refractivity contribution < 1.29 is 13.9 Å². The molecule has 0 unspecified atom stereocenters. The van der Waals surface area contributed by atoms with E-state index in [4.69, 9.17) is 13.9 Å². The van der Waals surface area contributed by atoms with Gasteiger partial charge in [-0.2, -0.15) is 15.2 Å². The Bertz CT molecular complexity index is 1210. The van der Waals surface area contributed by atoms with Crippen LogP contribution in [-0.2, 0) is 0 Å². The van der Waals surface area contributed by atoms with Gasteiger partial charge in [0.15, 0.2) is 5.52 Å². The third kappa shape index (κ3) is 3.87. The Balaban J connectivity index is 1.79. The Morgan fingerprint density at radius 2 is 1.93 bits per heavy atom. The molecule has 29 heavy (non-hydrogen) atoms. The van der Waals surface area contributed by atoms with Gasteiger partial charge in [-0.1, -0.05) is 36.8 Å². The fourth-order valence-electron chi connectivity index (χ4n) is 2.77. The number of fused-ring (bicyclic) bond motifs is 1. The summed E-state index contributed by atoms with van der Waals surface area (Å²) in [7, 11) is 0. The van der Waals surface area contributed by atoms with Crippen molar-refractivity contribution in [2.24, 2.45) is 0 Å². The lowest BCUT2D eigenvalue weighted by atomic mass is 10.1. The molecule has 0 aliphatic carbocycles. The van der Waals surface area contributed by atoms with Crippen LogP contribution in [0.5, 0.6) is 17.6 Å². The minimum Gasteiger partial charge on any atom is -0.476 e. The number of rotatable bonds is 6. The van der Waals surface area contributed by atoms with Gasteiger partial charge in [-0.05, 0) is 37.6 Å². The summed E-state index contributed by atoms with van der Waals surface area (Å²) >= 11 is 0. The first-order chi connectivity index (χ1) is 14.2. The van der Waals surface area contributed by atoms with Gasteiger partial charge in [0, 0.05) is 5.56 Å². The van der Waals surface area contributed by atoms with Gasteiger partial charge in [0.05, 0.1) is 12.2 Å². The van der Waals surface area contributed by atoms with Crippen molar-refractivity contribution in [3.05, 3.63) is 59.7 Å². The number of aromatic nitrogens is 3. The SMILES string of the molecule is CCCOc1nc(Oc2ccccc2C#N)nc2oc(-c3cccc(C)c3)nc12. The summed E-state index contributed by atoms with van der Waals surface area (Å²) in [6.07, 6.45) is 0.807. The van der Waals surface area contributed by atoms with E-state index in [1.807, 2.05) is 38.1 Å². The van der Waals surface area contributed by atoms with E-state index >= 15 is 0 Å². The first-order valence-electron chi connectivity index (χ1n) is 9.23. The van der Waals surface area contributed by atoms with Crippen LogP contribution in [0.2, 0.25) is 0 Å². The van der Waals surface area contributed by atoms with Gasteiger partial charge in [0.2, 0.25) is 5.89 Å². The Labute approximate surface area is 167 Å². The van der Waals surface area contributed by atoms with Crippen LogP contribution in [0.15, 0.2) is 52.9 Å². The molecule has 0 spiro atoms. The highest BCUT2D eigenvalue weighted by Gasteiger charge is 2.19. The van der Waals surface area contributed by atoms with E-state index in [-0.39, 0.29) is 17.6 Å². The van der Waals surface area contributed by atoms with E-state index < -0.39 is 0 Å². The molecule has 7 nitrogen and oxygen atoms in total. The summed E-state index contributed by atoms with van der Waals surface area (Å²) in [5.74, 6) is 1.06. The molecule has 0 saturated heterocycles. The molecule has 0 bridgehead atoms. The number of oxazole rings is 1. The predicted octanol–water partition coefficient (Wildman–Crippen LogP) is 5.05. The van der Waals surface area contributed by atoms with Crippen LogP contribution < -0.4 is 9.47 Å². The average Bonchev–Trinajstić information content (AvgIpc) is 3.17. The summed E-state index contributed by atoms with van der Waals surface area (Å²) in [4.78, 5) is 13.2. The fourth-order valence-corrected chi connectivity index (χ4v) is 2.77. The van der Waals surface area contributed by atoms with Crippen LogP contribution >= 0.6 is 0 Å². The number of hydrogen-bond acceptors (Lipinski definition) is 7. The smallest absolute Gasteiger partial charge is 0.328 e. The maximum Gasteiger partial charge on any atom is 0.328 e. The van der Waals surface area contributed by atoms with Crippen LogP contribution in [0.4, 0.5) is 0 Å². The minimum atomic E-state index is 0.0262. The van der Waals surface area contributed by atoms with E-state index in [1.54, 1.807) is 24.3 Å². The van der Waals surface area contributed by atoms with Gasteiger partial charge in [0.25, 0.3) is 11.6 Å². The van der Waals surface area contributed by atoms with E-state index in [0.29, 0.717) is 29.3 Å². The molecule has 0 fully saturated rings. The summed E-state index contributed by atoms with van der Waals surface area (Å²) in [6, 6.07) is 16.8. The molecule has 4 aromatic rings. The average molecular weight is 386 g/mol. The standard InChI is InChI=1S/C22H18N4O3/c1-3-11-27-20-18-21(29-19(24-18)15-9-6-7-14(2)12-15)26-22(25-20)28-17-10-5-4-8-16(17)13-23/h4-10,12H,3,11H2,1-2H3.